The Kier molecular flexibility index (Phi) is 7.27. The summed E-state index contributed by atoms with van der Waals surface area (Å²) in [5.74, 6) is 0.0507. The first-order valence-electron chi connectivity index (χ1n) is 10.5. The molecule has 0 spiro atoms. The van der Waals surface area contributed by atoms with Gasteiger partial charge in [0.25, 0.3) is 11.5 Å². The molecule has 0 saturated heterocycles. The lowest BCUT2D eigenvalue weighted by atomic mass is 10.0. The molecule has 4 rings (SSSR count). The van der Waals surface area contributed by atoms with Crippen LogP contribution in [0.4, 0.5) is 0 Å². The lowest BCUT2D eigenvalue weighted by molar-refractivity contribution is 0.0951. The van der Waals surface area contributed by atoms with Gasteiger partial charge in [-0.15, -0.1) is 0 Å². The maximum Gasteiger partial charge on any atom is 0.271 e. The molecule has 1 aromatic heterocycles. The zero-order chi connectivity index (χ0) is 23.2. The number of hydrogen-bond acceptors (Lipinski definition) is 4. The van der Waals surface area contributed by atoms with E-state index in [0.717, 1.165) is 4.90 Å². The highest BCUT2D eigenvalue weighted by Crippen LogP contribution is 2.26. The largest absolute Gasteiger partial charge is 0.351 e. The first-order chi connectivity index (χ1) is 16.0. The Morgan fingerprint density at radius 2 is 1.67 bits per heavy atom. The van der Waals surface area contributed by atoms with Gasteiger partial charge in [0.05, 0.1) is 5.69 Å². The molecule has 166 valence electrons. The first kappa shape index (κ1) is 22.8. The van der Waals surface area contributed by atoms with Crippen molar-refractivity contribution in [2.24, 2.45) is 0 Å². The average Bonchev–Trinajstić information content (AvgIpc) is 2.85. The summed E-state index contributed by atoms with van der Waals surface area (Å²) in [6, 6.07) is 27.5. The number of amides is 1. The fourth-order valence-corrected chi connectivity index (χ4v) is 4.16. The van der Waals surface area contributed by atoms with E-state index in [2.05, 4.69) is 29.5 Å². The van der Waals surface area contributed by atoms with E-state index in [0.29, 0.717) is 27.8 Å². The van der Waals surface area contributed by atoms with Gasteiger partial charge in [-0.3, -0.25) is 9.59 Å². The smallest absolute Gasteiger partial charge is 0.271 e. The van der Waals surface area contributed by atoms with E-state index in [9.17, 15) is 9.59 Å². The molecule has 0 unspecified atom stereocenters. The van der Waals surface area contributed by atoms with Crippen LogP contribution < -0.4 is 10.9 Å². The molecule has 0 aliphatic carbocycles. The highest BCUT2D eigenvalue weighted by Gasteiger charge is 2.11. The molecule has 0 bridgehead atoms. The summed E-state index contributed by atoms with van der Waals surface area (Å²) >= 11 is 7.38. The van der Waals surface area contributed by atoms with E-state index >= 15 is 0 Å². The minimum absolute atomic E-state index is 0.156. The zero-order valence-corrected chi connectivity index (χ0v) is 19.5. The van der Waals surface area contributed by atoms with Crippen LogP contribution in [-0.2, 0) is 0 Å². The Balaban J connectivity index is 1.44. The van der Waals surface area contributed by atoms with Crippen LogP contribution in [0.25, 0.3) is 5.69 Å². The molecule has 1 heterocycles. The molecule has 7 heteroatoms. The van der Waals surface area contributed by atoms with E-state index in [4.69, 9.17) is 11.6 Å². The Bertz CT molecular complexity index is 1290. The normalized spacial score (nSPS) is 11.7. The zero-order valence-electron chi connectivity index (χ0n) is 17.9. The number of carbonyl (C=O) groups excluding carboxylic acids is 1. The number of nitrogens with one attached hydrogen (secondary N) is 1. The molecule has 1 amide bonds. The second-order valence-corrected chi connectivity index (χ2v) is 9.08. The lowest BCUT2D eigenvalue weighted by Gasteiger charge is -2.13. The monoisotopic (exact) mass is 475 g/mol. The fraction of sp³-hybridized carbons (Fsp3) is 0.115. The summed E-state index contributed by atoms with van der Waals surface area (Å²) in [4.78, 5) is 25.9. The van der Waals surface area contributed by atoms with Crippen LogP contribution in [-0.4, -0.2) is 22.2 Å². The van der Waals surface area contributed by atoms with E-state index < -0.39 is 0 Å². The van der Waals surface area contributed by atoms with Gasteiger partial charge in [-0.25, -0.2) is 0 Å². The third kappa shape index (κ3) is 5.92. The summed E-state index contributed by atoms with van der Waals surface area (Å²) in [7, 11) is 0. The highest BCUT2D eigenvalue weighted by molar-refractivity contribution is 7.99. The van der Waals surface area contributed by atoms with Crippen LogP contribution in [0.2, 0.25) is 5.02 Å². The maximum atomic E-state index is 12.6. The second-order valence-electron chi connectivity index (χ2n) is 7.55. The molecule has 1 N–H and O–H groups in total. The van der Waals surface area contributed by atoms with Crippen LogP contribution in [0.3, 0.4) is 0 Å². The summed E-state index contributed by atoms with van der Waals surface area (Å²) < 4.78 is 1.33. The van der Waals surface area contributed by atoms with E-state index in [1.165, 1.54) is 28.1 Å². The van der Waals surface area contributed by atoms with Crippen molar-refractivity contribution in [3.05, 3.63) is 117 Å². The SMILES string of the molecule is C[C@@H](CNC(=O)c1ccc(-n2nc(Sc3ccc(Cl)cc3)ccc2=O)cc1)c1ccccc1. The van der Waals surface area contributed by atoms with Gasteiger partial charge in [0.2, 0.25) is 0 Å². The Hall–Kier alpha value is -3.35. The van der Waals surface area contributed by atoms with E-state index in [-0.39, 0.29) is 17.4 Å². The van der Waals surface area contributed by atoms with Crippen molar-refractivity contribution >= 4 is 29.3 Å². The minimum Gasteiger partial charge on any atom is -0.351 e. The fourth-order valence-electron chi connectivity index (χ4n) is 3.26. The van der Waals surface area contributed by atoms with Gasteiger partial charge in [0.1, 0.15) is 5.03 Å². The number of aromatic nitrogens is 2. The van der Waals surface area contributed by atoms with Crippen LogP contribution >= 0.6 is 23.4 Å². The molecule has 0 aliphatic rings. The molecule has 33 heavy (non-hydrogen) atoms. The predicted octanol–water partition coefficient (Wildman–Crippen LogP) is 5.57. The number of rotatable bonds is 7. The minimum atomic E-state index is -0.246. The molecule has 0 aliphatic heterocycles. The summed E-state index contributed by atoms with van der Waals surface area (Å²) in [6.07, 6.45) is 0. The second kappa shape index (κ2) is 10.5. The maximum absolute atomic E-state index is 12.6. The molecule has 3 aromatic carbocycles. The van der Waals surface area contributed by atoms with Gasteiger partial charge < -0.3 is 5.32 Å². The number of nitrogens with zero attached hydrogens (tertiary/aromatic N) is 2. The lowest BCUT2D eigenvalue weighted by Crippen LogP contribution is -2.27. The Labute approximate surface area is 201 Å². The average molecular weight is 476 g/mol. The first-order valence-corrected chi connectivity index (χ1v) is 11.7. The third-order valence-electron chi connectivity index (χ3n) is 5.12. The van der Waals surface area contributed by atoms with E-state index in [1.807, 2.05) is 42.5 Å². The number of halogens is 1. The molecule has 5 nitrogen and oxygen atoms in total. The van der Waals surface area contributed by atoms with Crippen molar-refractivity contribution in [3.8, 4) is 5.69 Å². The Morgan fingerprint density at radius 1 is 0.970 bits per heavy atom. The van der Waals surface area contributed by atoms with Crippen LogP contribution in [0.15, 0.2) is 106 Å². The van der Waals surface area contributed by atoms with Crippen LogP contribution in [0.1, 0.15) is 28.8 Å². The summed E-state index contributed by atoms with van der Waals surface area (Å²) in [5, 5.41) is 8.77. The van der Waals surface area contributed by atoms with Crippen molar-refractivity contribution < 1.29 is 4.79 Å². The van der Waals surface area contributed by atoms with Gasteiger partial charge in [-0.2, -0.15) is 9.78 Å². The molecular weight excluding hydrogens is 454 g/mol. The van der Waals surface area contributed by atoms with Crippen molar-refractivity contribution in [2.45, 2.75) is 22.8 Å². The number of carbonyl (C=O) groups is 1. The van der Waals surface area contributed by atoms with E-state index in [1.54, 1.807) is 30.3 Å². The number of benzene rings is 3. The van der Waals surface area contributed by atoms with Crippen molar-refractivity contribution in [1.82, 2.24) is 15.1 Å². The summed E-state index contributed by atoms with van der Waals surface area (Å²) in [6.45, 7) is 2.61. The molecule has 1 atom stereocenters. The standard InChI is InChI=1S/C26H22ClN3O2S/c1-18(19-5-3-2-4-6-19)17-28-26(32)20-7-11-22(12-8-20)30-25(31)16-15-24(29-30)33-23-13-9-21(27)10-14-23/h2-16,18H,17H2,1H3,(H,28,32)/t18-/m0/s1. The topological polar surface area (TPSA) is 64.0 Å². The van der Waals surface area contributed by atoms with Crippen molar-refractivity contribution in [1.29, 1.82) is 0 Å². The number of hydrogen-bond donors (Lipinski definition) is 1. The summed E-state index contributed by atoms with van der Waals surface area (Å²) in [5.41, 5.74) is 2.05. The van der Waals surface area contributed by atoms with Gasteiger partial charge in [0.15, 0.2) is 0 Å². The molecule has 0 saturated carbocycles. The van der Waals surface area contributed by atoms with Gasteiger partial charge >= 0.3 is 0 Å². The predicted molar refractivity (Wildman–Crippen MR) is 133 cm³/mol. The Morgan fingerprint density at radius 3 is 2.36 bits per heavy atom. The van der Waals surface area contributed by atoms with Crippen molar-refractivity contribution in [3.63, 3.8) is 0 Å². The molecular formula is C26H22ClN3O2S. The molecule has 4 aromatic rings. The molecule has 0 radical (unpaired) electrons. The van der Waals surface area contributed by atoms with Gasteiger partial charge in [-0.05, 0) is 66.1 Å². The molecule has 0 fully saturated rings. The van der Waals surface area contributed by atoms with Crippen molar-refractivity contribution in [2.75, 3.05) is 6.54 Å². The van der Waals surface area contributed by atoms with Crippen LogP contribution in [0, 0.1) is 0 Å². The third-order valence-corrected chi connectivity index (χ3v) is 6.31. The van der Waals surface area contributed by atoms with Gasteiger partial charge in [-0.1, -0.05) is 60.6 Å². The van der Waals surface area contributed by atoms with Crippen LogP contribution in [0.5, 0.6) is 0 Å². The van der Waals surface area contributed by atoms with Gasteiger partial charge in [0, 0.05) is 28.1 Å². The quantitative estimate of drug-likeness (QED) is 0.379. The highest BCUT2D eigenvalue weighted by atomic mass is 35.5.